The lowest BCUT2D eigenvalue weighted by atomic mass is 10.1. The summed E-state index contributed by atoms with van der Waals surface area (Å²) in [5.74, 6) is -0.972. The molecule has 0 aliphatic heterocycles. The average molecular weight is 375 g/mol. The first-order valence-corrected chi connectivity index (χ1v) is 7.43. The Labute approximate surface area is 135 Å². The van der Waals surface area contributed by atoms with Crippen molar-refractivity contribution >= 4 is 33.3 Å². The second kappa shape index (κ2) is 6.68. The third kappa shape index (κ3) is 3.51. The molecule has 0 N–H and O–H groups in total. The molecule has 0 aliphatic rings. The van der Waals surface area contributed by atoms with Crippen LogP contribution in [-0.2, 0) is 6.54 Å². The number of hydrogen-bond donors (Lipinski definition) is 0. The maximum atomic E-state index is 13.5. The molecule has 112 valence electrons. The summed E-state index contributed by atoms with van der Waals surface area (Å²) in [6.45, 7) is 1.28. The molecule has 0 spiro atoms. The molecule has 0 saturated carbocycles. The zero-order valence-electron chi connectivity index (χ0n) is 11.6. The SMILES string of the molecule is CN(C)CCn1ncc(Br)c1C(=O)c1cccc(F)c1Cl. The molecule has 0 atom stereocenters. The Hall–Kier alpha value is -1.24. The number of rotatable bonds is 5. The number of halogens is 3. The van der Waals surface area contributed by atoms with Gasteiger partial charge in [0.25, 0.3) is 0 Å². The highest BCUT2D eigenvalue weighted by Crippen LogP contribution is 2.26. The minimum Gasteiger partial charge on any atom is -0.308 e. The van der Waals surface area contributed by atoms with Crippen LogP contribution in [-0.4, -0.2) is 41.1 Å². The smallest absolute Gasteiger partial charge is 0.213 e. The van der Waals surface area contributed by atoms with Crippen molar-refractivity contribution in [2.75, 3.05) is 20.6 Å². The van der Waals surface area contributed by atoms with Crippen LogP contribution in [0.5, 0.6) is 0 Å². The molecule has 0 bridgehead atoms. The third-order valence-corrected chi connectivity index (χ3v) is 3.93. The van der Waals surface area contributed by atoms with E-state index < -0.39 is 5.82 Å². The first kappa shape index (κ1) is 16.1. The molecular formula is C14H14BrClFN3O. The molecule has 21 heavy (non-hydrogen) atoms. The van der Waals surface area contributed by atoms with Gasteiger partial charge in [0.1, 0.15) is 11.5 Å². The van der Waals surface area contributed by atoms with Gasteiger partial charge in [-0.1, -0.05) is 17.7 Å². The molecule has 1 aromatic heterocycles. The number of likely N-dealkylation sites (N-methyl/N-ethyl adjacent to an activating group) is 1. The van der Waals surface area contributed by atoms with Crippen molar-refractivity contribution in [3.63, 3.8) is 0 Å². The fourth-order valence-electron chi connectivity index (χ4n) is 1.86. The van der Waals surface area contributed by atoms with Gasteiger partial charge in [0.2, 0.25) is 5.78 Å². The Morgan fingerprint density at radius 3 is 2.86 bits per heavy atom. The van der Waals surface area contributed by atoms with Crippen molar-refractivity contribution in [1.29, 1.82) is 0 Å². The van der Waals surface area contributed by atoms with Crippen molar-refractivity contribution in [1.82, 2.24) is 14.7 Å². The number of aromatic nitrogens is 2. The highest BCUT2D eigenvalue weighted by atomic mass is 79.9. The summed E-state index contributed by atoms with van der Waals surface area (Å²) in [4.78, 5) is 14.6. The number of ketones is 1. The highest BCUT2D eigenvalue weighted by Gasteiger charge is 2.22. The van der Waals surface area contributed by atoms with E-state index in [-0.39, 0.29) is 16.4 Å². The monoisotopic (exact) mass is 373 g/mol. The second-order valence-electron chi connectivity index (χ2n) is 4.80. The van der Waals surface area contributed by atoms with Crippen LogP contribution in [0.3, 0.4) is 0 Å². The summed E-state index contributed by atoms with van der Waals surface area (Å²) in [6.07, 6.45) is 1.55. The first-order valence-electron chi connectivity index (χ1n) is 6.26. The molecule has 0 saturated heterocycles. The van der Waals surface area contributed by atoms with Gasteiger partial charge >= 0.3 is 0 Å². The van der Waals surface area contributed by atoms with Crippen LogP contribution < -0.4 is 0 Å². The predicted molar refractivity (Wildman–Crippen MR) is 83.3 cm³/mol. The largest absolute Gasteiger partial charge is 0.308 e. The average Bonchev–Trinajstić information content (AvgIpc) is 2.80. The van der Waals surface area contributed by atoms with Crippen LogP contribution in [0.15, 0.2) is 28.9 Å². The van der Waals surface area contributed by atoms with E-state index in [4.69, 9.17) is 11.6 Å². The van der Waals surface area contributed by atoms with Gasteiger partial charge in [-0.25, -0.2) is 4.39 Å². The molecule has 0 aliphatic carbocycles. The van der Waals surface area contributed by atoms with Crippen LogP contribution in [0.25, 0.3) is 0 Å². The molecule has 2 aromatic rings. The van der Waals surface area contributed by atoms with Gasteiger partial charge in [0.15, 0.2) is 0 Å². The van der Waals surface area contributed by atoms with Gasteiger partial charge in [-0.15, -0.1) is 0 Å². The zero-order valence-corrected chi connectivity index (χ0v) is 13.9. The molecular weight excluding hydrogens is 361 g/mol. The Bertz CT molecular complexity index is 672. The van der Waals surface area contributed by atoms with E-state index >= 15 is 0 Å². The molecule has 0 fully saturated rings. The van der Waals surface area contributed by atoms with Gasteiger partial charge in [0.05, 0.1) is 22.2 Å². The number of nitrogens with zero attached hydrogens (tertiary/aromatic N) is 3. The van der Waals surface area contributed by atoms with E-state index in [0.717, 1.165) is 6.54 Å². The lowest BCUT2D eigenvalue weighted by Crippen LogP contribution is -2.22. The molecule has 4 nitrogen and oxygen atoms in total. The maximum Gasteiger partial charge on any atom is 0.213 e. The summed E-state index contributed by atoms with van der Waals surface area (Å²) in [7, 11) is 3.87. The number of carbonyl (C=O) groups excluding carboxylic acids is 1. The topological polar surface area (TPSA) is 38.1 Å². The lowest BCUT2D eigenvalue weighted by Gasteiger charge is -2.12. The highest BCUT2D eigenvalue weighted by molar-refractivity contribution is 9.10. The Kier molecular flexibility index (Phi) is 5.13. The van der Waals surface area contributed by atoms with E-state index in [1.165, 1.54) is 18.2 Å². The van der Waals surface area contributed by atoms with Crippen LogP contribution in [0.1, 0.15) is 16.1 Å². The Morgan fingerprint density at radius 1 is 1.48 bits per heavy atom. The normalized spacial score (nSPS) is 11.1. The fourth-order valence-corrected chi connectivity index (χ4v) is 2.55. The first-order chi connectivity index (χ1) is 9.91. The van der Waals surface area contributed by atoms with Crippen molar-refractivity contribution in [3.8, 4) is 0 Å². The van der Waals surface area contributed by atoms with Crippen LogP contribution in [0.4, 0.5) is 4.39 Å². The Morgan fingerprint density at radius 2 is 2.19 bits per heavy atom. The number of hydrogen-bond acceptors (Lipinski definition) is 3. The number of carbonyl (C=O) groups is 1. The molecule has 1 heterocycles. The van der Waals surface area contributed by atoms with Gasteiger partial charge in [-0.3, -0.25) is 9.48 Å². The summed E-state index contributed by atoms with van der Waals surface area (Å²) >= 11 is 9.20. The van der Waals surface area contributed by atoms with Gasteiger partial charge < -0.3 is 4.90 Å². The van der Waals surface area contributed by atoms with E-state index in [2.05, 4.69) is 21.0 Å². The number of benzene rings is 1. The van der Waals surface area contributed by atoms with E-state index in [9.17, 15) is 9.18 Å². The summed E-state index contributed by atoms with van der Waals surface area (Å²) in [5.41, 5.74) is 0.494. The van der Waals surface area contributed by atoms with Crippen molar-refractivity contribution in [3.05, 3.63) is 51.0 Å². The molecule has 1 aromatic carbocycles. The van der Waals surface area contributed by atoms with E-state index in [1.54, 1.807) is 10.9 Å². The lowest BCUT2D eigenvalue weighted by molar-refractivity contribution is 0.102. The minimum atomic E-state index is -0.613. The molecule has 0 radical (unpaired) electrons. The molecule has 0 unspecified atom stereocenters. The van der Waals surface area contributed by atoms with Gasteiger partial charge in [-0.2, -0.15) is 5.10 Å². The van der Waals surface area contributed by atoms with E-state index in [1.807, 2.05) is 19.0 Å². The van der Waals surface area contributed by atoms with Gasteiger partial charge in [0, 0.05) is 12.1 Å². The molecule has 7 heteroatoms. The van der Waals surface area contributed by atoms with Gasteiger partial charge in [-0.05, 0) is 42.2 Å². The summed E-state index contributed by atoms with van der Waals surface area (Å²) in [6, 6.07) is 4.18. The van der Waals surface area contributed by atoms with Crippen LogP contribution in [0, 0.1) is 5.82 Å². The van der Waals surface area contributed by atoms with Crippen LogP contribution >= 0.6 is 27.5 Å². The summed E-state index contributed by atoms with van der Waals surface area (Å²) in [5, 5.41) is 4.00. The molecule has 0 amide bonds. The van der Waals surface area contributed by atoms with Crippen molar-refractivity contribution in [2.24, 2.45) is 0 Å². The minimum absolute atomic E-state index is 0.129. The second-order valence-corrected chi connectivity index (χ2v) is 6.03. The third-order valence-electron chi connectivity index (χ3n) is 2.97. The van der Waals surface area contributed by atoms with Crippen molar-refractivity contribution in [2.45, 2.75) is 6.54 Å². The molecule has 2 rings (SSSR count). The standard InChI is InChI=1S/C14H14BrClFN3O/c1-19(2)6-7-20-13(10(15)8-18-20)14(21)9-4-3-5-11(17)12(9)16/h3-5,8H,6-7H2,1-2H3. The van der Waals surface area contributed by atoms with Crippen LogP contribution in [0.2, 0.25) is 5.02 Å². The van der Waals surface area contributed by atoms with Crippen molar-refractivity contribution < 1.29 is 9.18 Å². The zero-order chi connectivity index (χ0) is 15.6. The quantitative estimate of drug-likeness (QED) is 0.754. The maximum absolute atomic E-state index is 13.5. The predicted octanol–water partition coefficient (Wildman–Crippen LogP) is 3.23. The summed E-state index contributed by atoms with van der Waals surface area (Å²) < 4.78 is 15.7. The Balaban J connectivity index is 2.39. The fraction of sp³-hybridized carbons (Fsp3) is 0.286. The van der Waals surface area contributed by atoms with E-state index in [0.29, 0.717) is 16.7 Å².